The Morgan fingerprint density at radius 3 is 1.48 bits per heavy atom. The third-order valence-electron chi connectivity index (χ3n) is 5.07. The van der Waals surface area contributed by atoms with E-state index in [1.54, 1.807) is 0 Å². The molecule has 0 aliphatic rings. The minimum Gasteiger partial charge on any atom is -0.463 e. The molecule has 0 aromatic rings. The Morgan fingerprint density at radius 2 is 1.00 bits per heavy atom. The minimum absolute atomic E-state index is 0.0983. The Balaban J connectivity index is 3.12. The van der Waals surface area contributed by atoms with Crippen molar-refractivity contribution in [2.24, 2.45) is 0 Å². The highest BCUT2D eigenvalue weighted by Crippen LogP contribution is 2.13. The number of alkyl halides is 1. The first kappa shape index (κ1) is 28.9. The van der Waals surface area contributed by atoms with Crippen LogP contribution < -0.4 is 0 Å². The zero-order valence-corrected chi connectivity index (χ0v) is 20.7. The van der Waals surface area contributed by atoms with Crippen LogP contribution in [0.2, 0.25) is 0 Å². The van der Waals surface area contributed by atoms with Crippen molar-refractivity contribution in [3.63, 3.8) is 0 Å². The molecular formula is C24H47BrO4. The fraction of sp³-hybridized carbons (Fsp3) is 0.958. The van der Waals surface area contributed by atoms with E-state index in [-0.39, 0.29) is 5.97 Å². The van der Waals surface area contributed by atoms with Gasteiger partial charge in [0.1, 0.15) is 6.61 Å². The van der Waals surface area contributed by atoms with Gasteiger partial charge < -0.3 is 14.2 Å². The Kier molecular flexibility index (Phi) is 25.8. The Bertz CT molecular complexity index is 326. The number of unbranched alkanes of at least 4 members (excludes halogenated alkanes) is 14. The summed E-state index contributed by atoms with van der Waals surface area (Å²) in [5.74, 6) is -0.0983. The van der Waals surface area contributed by atoms with Crippen molar-refractivity contribution in [3.05, 3.63) is 0 Å². The predicted molar refractivity (Wildman–Crippen MR) is 126 cm³/mol. The molecule has 0 bridgehead atoms. The second-order valence-corrected chi connectivity index (χ2v) is 8.63. The first-order valence-electron chi connectivity index (χ1n) is 12.2. The van der Waals surface area contributed by atoms with Crippen LogP contribution in [-0.4, -0.2) is 44.3 Å². The molecule has 0 aliphatic carbocycles. The number of carbonyl (C=O) groups excluding carboxylic acids is 1. The lowest BCUT2D eigenvalue weighted by Crippen LogP contribution is -2.13. The van der Waals surface area contributed by atoms with Gasteiger partial charge in [-0.1, -0.05) is 113 Å². The van der Waals surface area contributed by atoms with E-state index in [1.807, 2.05) is 0 Å². The minimum atomic E-state index is -0.0983. The molecule has 0 saturated carbocycles. The van der Waals surface area contributed by atoms with E-state index in [1.165, 1.54) is 83.5 Å². The van der Waals surface area contributed by atoms with Gasteiger partial charge in [-0.15, -0.1) is 0 Å². The van der Waals surface area contributed by atoms with E-state index >= 15 is 0 Å². The molecule has 0 unspecified atom stereocenters. The third-order valence-corrected chi connectivity index (χ3v) is 5.39. The van der Waals surface area contributed by atoms with Crippen LogP contribution in [-0.2, 0) is 19.0 Å². The topological polar surface area (TPSA) is 44.8 Å². The van der Waals surface area contributed by atoms with Gasteiger partial charge in [0, 0.05) is 11.8 Å². The Morgan fingerprint density at radius 1 is 0.586 bits per heavy atom. The molecule has 0 atom stereocenters. The molecule has 0 aliphatic heterocycles. The average Bonchev–Trinajstić information content (AvgIpc) is 2.72. The standard InChI is InChI=1S/C24H47BrO4/c1-2-3-4-5-6-7-8-9-10-11-12-13-14-15-16-17-24(26)29-23-22-28-21-20-27-19-18-25/h2-23H2,1H3. The van der Waals surface area contributed by atoms with Crippen LogP contribution in [0.1, 0.15) is 110 Å². The van der Waals surface area contributed by atoms with E-state index in [0.29, 0.717) is 39.5 Å². The predicted octanol–water partition coefficient (Wildman–Crippen LogP) is 7.22. The monoisotopic (exact) mass is 478 g/mol. The molecular weight excluding hydrogens is 432 g/mol. The molecule has 0 saturated heterocycles. The summed E-state index contributed by atoms with van der Waals surface area (Å²) in [7, 11) is 0. The van der Waals surface area contributed by atoms with Gasteiger partial charge in [-0.25, -0.2) is 0 Å². The highest BCUT2D eigenvalue weighted by Gasteiger charge is 2.02. The Labute approximate surface area is 189 Å². The van der Waals surface area contributed by atoms with Crippen LogP contribution in [0.3, 0.4) is 0 Å². The summed E-state index contributed by atoms with van der Waals surface area (Å²) >= 11 is 3.29. The molecule has 0 aromatic carbocycles. The fourth-order valence-electron chi connectivity index (χ4n) is 3.30. The van der Waals surface area contributed by atoms with Gasteiger partial charge in [-0.05, 0) is 6.42 Å². The van der Waals surface area contributed by atoms with Gasteiger partial charge >= 0.3 is 5.97 Å². The normalized spacial score (nSPS) is 11.1. The second kappa shape index (κ2) is 25.9. The van der Waals surface area contributed by atoms with Crippen LogP contribution in [0.15, 0.2) is 0 Å². The molecule has 0 heterocycles. The second-order valence-electron chi connectivity index (χ2n) is 7.83. The van der Waals surface area contributed by atoms with E-state index in [2.05, 4.69) is 22.9 Å². The first-order chi connectivity index (χ1) is 14.3. The van der Waals surface area contributed by atoms with Gasteiger partial charge in [0.25, 0.3) is 0 Å². The maximum Gasteiger partial charge on any atom is 0.305 e. The summed E-state index contributed by atoms with van der Waals surface area (Å²) in [6.07, 6.45) is 20.6. The van der Waals surface area contributed by atoms with Crippen molar-refractivity contribution < 1.29 is 19.0 Å². The van der Waals surface area contributed by atoms with Gasteiger partial charge in [0.2, 0.25) is 0 Å². The molecule has 0 rings (SSSR count). The van der Waals surface area contributed by atoms with Crippen LogP contribution in [0, 0.1) is 0 Å². The molecule has 174 valence electrons. The van der Waals surface area contributed by atoms with Gasteiger partial charge in [0.15, 0.2) is 0 Å². The fourth-order valence-corrected chi connectivity index (χ4v) is 3.53. The lowest BCUT2D eigenvalue weighted by atomic mass is 10.0. The maximum atomic E-state index is 11.6. The molecule has 0 amide bonds. The van der Waals surface area contributed by atoms with E-state index in [0.717, 1.165) is 18.2 Å². The molecule has 0 aromatic heterocycles. The highest BCUT2D eigenvalue weighted by molar-refractivity contribution is 9.09. The average molecular weight is 480 g/mol. The zero-order chi connectivity index (χ0) is 21.3. The third kappa shape index (κ3) is 25.8. The maximum absolute atomic E-state index is 11.6. The van der Waals surface area contributed by atoms with Gasteiger partial charge in [0.05, 0.1) is 26.4 Å². The molecule has 29 heavy (non-hydrogen) atoms. The smallest absolute Gasteiger partial charge is 0.305 e. The van der Waals surface area contributed by atoms with Crippen molar-refractivity contribution in [1.82, 2.24) is 0 Å². The van der Waals surface area contributed by atoms with Crippen LogP contribution in [0.4, 0.5) is 0 Å². The lowest BCUT2D eigenvalue weighted by Gasteiger charge is -2.06. The number of hydrogen-bond donors (Lipinski definition) is 0. The van der Waals surface area contributed by atoms with Crippen LogP contribution in [0.25, 0.3) is 0 Å². The van der Waals surface area contributed by atoms with E-state index in [4.69, 9.17) is 14.2 Å². The van der Waals surface area contributed by atoms with Crippen molar-refractivity contribution in [2.45, 2.75) is 110 Å². The molecule has 0 N–H and O–H groups in total. The van der Waals surface area contributed by atoms with Gasteiger partial charge in [-0.2, -0.15) is 0 Å². The number of rotatable bonds is 24. The molecule has 4 nitrogen and oxygen atoms in total. The van der Waals surface area contributed by atoms with Crippen molar-refractivity contribution in [2.75, 3.05) is 38.4 Å². The Hall–Kier alpha value is -0.130. The number of hydrogen-bond acceptors (Lipinski definition) is 4. The van der Waals surface area contributed by atoms with Crippen molar-refractivity contribution in [1.29, 1.82) is 0 Å². The highest BCUT2D eigenvalue weighted by atomic mass is 79.9. The summed E-state index contributed by atoms with van der Waals surface area (Å²) in [5, 5.41) is 0.837. The largest absolute Gasteiger partial charge is 0.463 e. The number of carbonyl (C=O) groups is 1. The number of ether oxygens (including phenoxy) is 3. The van der Waals surface area contributed by atoms with Crippen LogP contribution >= 0.6 is 15.9 Å². The summed E-state index contributed by atoms with van der Waals surface area (Å²) < 4.78 is 15.8. The lowest BCUT2D eigenvalue weighted by molar-refractivity contribution is -0.145. The number of esters is 1. The van der Waals surface area contributed by atoms with Crippen molar-refractivity contribution >= 4 is 21.9 Å². The molecule has 0 radical (unpaired) electrons. The first-order valence-corrected chi connectivity index (χ1v) is 13.3. The summed E-state index contributed by atoms with van der Waals surface area (Å²) in [6.45, 7) is 4.89. The summed E-state index contributed by atoms with van der Waals surface area (Å²) in [6, 6.07) is 0. The molecule has 0 spiro atoms. The molecule has 0 fully saturated rings. The van der Waals surface area contributed by atoms with Crippen LogP contribution in [0.5, 0.6) is 0 Å². The quantitative estimate of drug-likeness (QED) is 0.0833. The zero-order valence-electron chi connectivity index (χ0n) is 19.1. The van der Waals surface area contributed by atoms with E-state index < -0.39 is 0 Å². The van der Waals surface area contributed by atoms with E-state index in [9.17, 15) is 4.79 Å². The number of halogens is 1. The molecule has 5 heteroatoms. The van der Waals surface area contributed by atoms with Gasteiger partial charge in [-0.3, -0.25) is 4.79 Å². The van der Waals surface area contributed by atoms with Crippen molar-refractivity contribution in [3.8, 4) is 0 Å². The SMILES string of the molecule is CCCCCCCCCCCCCCCCCC(=O)OCCOCCOCCBr. The summed E-state index contributed by atoms with van der Waals surface area (Å²) in [5.41, 5.74) is 0. The summed E-state index contributed by atoms with van der Waals surface area (Å²) in [4.78, 5) is 11.6.